The van der Waals surface area contributed by atoms with Crippen molar-refractivity contribution >= 4 is 47.4 Å². The second kappa shape index (κ2) is 32.5. The molecule has 0 rings (SSSR count). The summed E-state index contributed by atoms with van der Waals surface area (Å²) in [5.74, 6) is 1.88. The van der Waals surface area contributed by atoms with Gasteiger partial charge in [0.25, 0.3) is 0 Å². The van der Waals surface area contributed by atoms with E-state index in [1.165, 1.54) is 77.0 Å². The van der Waals surface area contributed by atoms with Crippen molar-refractivity contribution in [1.82, 2.24) is 5.32 Å². The molecule has 264 valence electrons. The zero-order chi connectivity index (χ0) is 33.4. The van der Waals surface area contributed by atoms with Gasteiger partial charge in [0.05, 0.1) is 24.7 Å². The first-order valence-corrected chi connectivity index (χ1v) is 19.6. The molecular formula is C34H63NO8S2. The molecule has 0 heterocycles. The molecule has 0 aliphatic carbocycles. The van der Waals surface area contributed by atoms with Gasteiger partial charge in [-0.1, -0.05) is 91.9 Å². The monoisotopic (exact) mass is 677 g/mol. The molecule has 0 saturated carbocycles. The van der Waals surface area contributed by atoms with Gasteiger partial charge < -0.3 is 24.3 Å². The van der Waals surface area contributed by atoms with E-state index in [0.717, 1.165) is 23.0 Å². The van der Waals surface area contributed by atoms with Gasteiger partial charge in [0.15, 0.2) is 0 Å². The van der Waals surface area contributed by atoms with Gasteiger partial charge in [0.2, 0.25) is 0 Å². The van der Waals surface area contributed by atoms with Crippen molar-refractivity contribution in [1.29, 1.82) is 0 Å². The molecule has 0 bridgehead atoms. The molecule has 2 atom stereocenters. The molecule has 0 aromatic carbocycles. The topological polar surface area (TPSA) is 117 Å². The SMILES string of the molecule is CCCCCCCCSCC(C)C(=O)OCCOC(=O)CCNCCC(=O)OCCOC(=O)C(C)CSCCCCCCCC. The summed E-state index contributed by atoms with van der Waals surface area (Å²) in [5.41, 5.74) is 0. The van der Waals surface area contributed by atoms with Gasteiger partial charge in [-0.15, -0.1) is 0 Å². The number of unbranched alkanes of at least 4 members (excludes halogenated alkanes) is 10. The highest BCUT2D eigenvalue weighted by atomic mass is 32.2. The van der Waals surface area contributed by atoms with E-state index < -0.39 is 11.9 Å². The van der Waals surface area contributed by atoms with Crippen LogP contribution in [0, 0.1) is 11.8 Å². The number of carbonyl (C=O) groups excluding carboxylic acids is 4. The van der Waals surface area contributed by atoms with Crippen molar-refractivity contribution in [2.45, 2.75) is 118 Å². The van der Waals surface area contributed by atoms with Gasteiger partial charge >= 0.3 is 23.9 Å². The fourth-order valence-corrected chi connectivity index (χ4v) is 6.28. The number of carbonyl (C=O) groups is 4. The highest BCUT2D eigenvalue weighted by Gasteiger charge is 2.16. The molecule has 0 amide bonds. The molecule has 45 heavy (non-hydrogen) atoms. The first-order chi connectivity index (χ1) is 21.8. The predicted molar refractivity (Wildman–Crippen MR) is 186 cm³/mol. The van der Waals surface area contributed by atoms with Gasteiger partial charge in [-0.25, -0.2) is 0 Å². The van der Waals surface area contributed by atoms with E-state index in [1.54, 1.807) is 23.5 Å². The molecule has 0 fully saturated rings. The van der Waals surface area contributed by atoms with Crippen LogP contribution in [0.4, 0.5) is 0 Å². The van der Waals surface area contributed by atoms with Crippen LogP contribution in [0.1, 0.15) is 118 Å². The Morgan fingerprint density at radius 3 is 1.29 bits per heavy atom. The van der Waals surface area contributed by atoms with Crippen LogP contribution in [-0.4, -0.2) is 86.4 Å². The van der Waals surface area contributed by atoms with Crippen LogP contribution in [0.2, 0.25) is 0 Å². The van der Waals surface area contributed by atoms with Gasteiger partial charge in [-0.3, -0.25) is 19.2 Å². The lowest BCUT2D eigenvalue weighted by Gasteiger charge is -2.12. The number of rotatable bonds is 32. The molecule has 0 radical (unpaired) electrons. The van der Waals surface area contributed by atoms with Crippen LogP contribution in [0.5, 0.6) is 0 Å². The highest BCUT2D eigenvalue weighted by Crippen LogP contribution is 2.15. The maximum absolute atomic E-state index is 12.1. The fraction of sp³-hybridized carbons (Fsp3) is 0.882. The summed E-state index contributed by atoms with van der Waals surface area (Å²) in [7, 11) is 0. The molecule has 0 aliphatic rings. The summed E-state index contributed by atoms with van der Waals surface area (Å²) < 4.78 is 20.7. The van der Waals surface area contributed by atoms with Gasteiger partial charge in [0.1, 0.15) is 26.4 Å². The van der Waals surface area contributed by atoms with E-state index in [0.29, 0.717) is 13.1 Å². The summed E-state index contributed by atoms with van der Waals surface area (Å²) in [6, 6.07) is 0. The average Bonchev–Trinajstić information content (AvgIpc) is 3.03. The standard InChI is InChI=1S/C34H63NO8S2/c1-5-7-9-11-13-15-25-44-27-29(3)33(38)42-23-21-40-31(36)17-19-35-20-18-32(37)41-22-24-43-34(39)30(4)28-45-26-16-14-12-10-8-6-2/h29-30,35H,5-28H2,1-4H3. The third kappa shape index (κ3) is 29.7. The second-order valence-corrected chi connectivity index (χ2v) is 13.8. The lowest BCUT2D eigenvalue weighted by molar-refractivity contribution is -0.154. The molecule has 1 N–H and O–H groups in total. The molecule has 0 spiro atoms. The molecule has 0 aromatic heterocycles. The molecular weight excluding hydrogens is 615 g/mol. The number of ether oxygens (including phenoxy) is 4. The quantitative estimate of drug-likeness (QED) is 0.0451. The van der Waals surface area contributed by atoms with E-state index in [1.807, 2.05) is 13.8 Å². The lowest BCUT2D eigenvalue weighted by Crippen LogP contribution is -2.25. The molecule has 0 aliphatic heterocycles. The molecule has 0 saturated heterocycles. The van der Waals surface area contributed by atoms with Gasteiger partial charge in [0, 0.05) is 24.6 Å². The maximum Gasteiger partial charge on any atom is 0.309 e. The number of hydrogen-bond donors (Lipinski definition) is 1. The predicted octanol–water partition coefficient (Wildman–Crippen LogP) is 6.99. The smallest absolute Gasteiger partial charge is 0.309 e. The molecule has 9 nitrogen and oxygen atoms in total. The second-order valence-electron chi connectivity index (χ2n) is 11.5. The average molecular weight is 678 g/mol. The van der Waals surface area contributed by atoms with Crippen LogP contribution in [0.3, 0.4) is 0 Å². The Kier molecular flexibility index (Phi) is 31.4. The van der Waals surface area contributed by atoms with Crippen molar-refractivity contribution in [3.05, 3.63) is 0 Å². The minimum absolute atomic E-state index is 0.0237. The van der Waals surface area contributed by atoms with E-state index in [9.17, 15) is 19.2 Å². The van der Waals surface area contributed by atoms with Crippen LogP contribution >= 0.6 is 23.5 Å². The largest absolute Gasteiger partial charge is 0.462 e. The Morgan fingerprint density at radius 1 is 0.533 bits per heavy atom. The summed E-state index contributed by atoms with van der Waals surface area (Å²) in [6.07, 6.45) is 15.5. The molecule has 2 unspecified atom stereocenters. The van der Waals surface area contributed by atoms with E-state index >= 15 is 0 Å². The van der Waals surface area contributed by atoms with Crippen LogP contribution < -0.4 is 5.32 Å². The van der Waals surface area contributed by atoms with E-state index in [2.05, 4.69) is 19.2 Å². The summed E-state index contributed by atoms with van der Waals surface area (Å²) in [5, 5.41) is 3.00. The molecule has 11 heteroatoms. The molecule has 0 aromatic rings. The summed E-state index contributed by atoms with van der Waals surface area (Å²) >= 11 is 3.57. The van der Waals surface area contributed by atoms with Crippen molar-refractivity contribution in [2.24, 2.45) is 11.8 Å². The van der Waals surface area contributed by atoms with Gasteiger partial charge in [-0.2, -0.15) is 23.5 Å². The van der Waals surface area contributed by atoms with Gasteiger partial charge in [-0.05, 0) is 24.3 Å². The van der Waals surface area contributed by atoms with Crippen LogP contribution in [0.25, 0.3) is 0 Å². The first kappa shape index (κ1) is 43.5. The number of nitrogens with one attached hydrogen (secondary N) is 1. The summed E-state index contributed by atoms with van der Waals surface area (Å²) in [6.45, 7) is 8.99. The third-order valence-corrected chi connectivity index (χ3v) is 9.64. The Bertz CT molecular complexity index is 696. The minimum atomic E-state index is -0.402. The van der Waals surface area contributed by atoms with Crippen molar-refractivity contribution in [2.75, 3.05) is 62.5 Å². The zero-order valence-electron chi connectivity index (χ0n) is 28.7. The normalized spacial score (nSPS) is 12.4. The lowest BCUT2D eigenvalue weighted by atomic mass is 10.1. The van der Waals surface area contributed by atoms with Crippen LogP contribution in [0.15, 0.2) is 0 Å². The van der Waals surface area contributed by atoms with Crippen molar-refractivity contribution < 1.29 is 38.1 Å². The Balaban J connectivity index is 3.62. The van der Waals surface area contributed by atoms with Crippen molar-refractivity contribution in [3.63, 3.8) is 0 Å². The first-order valence-electron chi connectivity index (χ1n) is 17.3. The Hall–Kier alpha value is -1.46. The third-order valence-electron chi connectivity index (χ3n) is 7.02. The summed E-state index contributed by atoms with van der Waals surface area (Å²) in [4.78, 5) is 47.9. The Labute approximate surface area is 282 Å². The number of thioether (sulfide) groups is 2. The number of hydrogen-bond acceptors (Lipinski definition) is 11. The highest BCUT2D eigenvalue weighted by molar-refractivity contribution is 7.99. The number of esters is 4. The van der Waals surface area contributed by atoms with Crippen LogP contribution in [-0.2, 0) is 38.1 Å². The zero-order valence-corrected chi connectivity index (χ0v) is 30.3. The fourth-order valence-electron chi connectivity index (χ4n) is 4.16. The van der Waals surface area contributed by atoms with Crippen molar-refractivity contribution in [3.8, 4) is 0 Å². The van der Waals surface area contributed by atoms with E-state index in [-0.39, 0.29) is 63.0 Å². The minimum Gasteiger partial charge on any atom is -0.462 e. The maximum atomic E-state index is 12.1. The Morgan fingerprint density at radius 2 is 0.889 bits per heavy atom. The van der Waals surface area contributed by atoms with E-state index in [4.69, 9.17) is 18.9 Å².